The molecule has 0 aliphatic carbocycles. The first kappa shape index (κ1) is 25.6. The number of hydrogen-bond donors (Lipinski definition) is 2. The molecule has 1 aliphatic heterocycles. The molecule has 188 valence electrons. The number of ether oxygens (including phenoxy) is 2. The zero-order valence-electron chi connectivity index (χ0n) is 19.0. The average molecular weight is 534 g/mol. The van der Waals surface area contributed by atoms with E-state index in [1.807, 2.05) is 0 Å². The second kappa shape index (κ2) is 11.5. The van der Waals surface area contributed by atoms with Crippen LogP contribution in [0.4, 0.5) is 15.9 Å². The number of anilines is 2. The number of halogens is 3. The first-order valence-electron chi connectivity index (χ1n) is 11.0. The number of carbonyl (C=O) groups excluding carboxylic acids is 2. The summed E-state index contributed by atoms with van der Waals surface area (Å²) in [7, 11) is 0. The van der Waals surface area contributed by atoms with Gasteiger partial charge >= 0.3 is 0 Å². The maximum atomic E-state index is 13.7. The number of nitrogens with two attached hydrogens (primary N) is 1. The molecule has 0 saturated carbocycles. The van der Waals surface area contributed by atoms with Crippen molar-refractivity contribution in [2.75, 3.05) is 44.0 Å². The van der Waals surface area contributed by atoms with Crippen LogP contribution in [0.25, 0.3) is 0 Å². The molecule has 2 aromatic carbocycles. The van der Waals surface area contributed by atoms with Crippen LogP contribution in [0, 0.1) is 5.82 Å². The van der Waals surface area contributed by atoms with Crippen molar-refractivity contribution in [3.63, 3.8) is 0 Å². The van der Waals surface area contributed by atoms with Gasteiger partial charge in [-0.15, -0.1) is 10.2 Å². The Labute approximate surface area is 216 Å². The van der Waals surface area contributed by atoms with E-state index >= 15 is 0 Å². The summed E-state index contributed by atoms with van der Waals surface area (Å²) >= 11 is 12.1. The van der Waals surface area contributed by atoms with Crippen LogP contribution in [-0.2, 0) is 11.2 Å². The summed E-state index contributed by atoms with van der Waals surface area (Å²) in [5.74, 6) is -1.11. The van der Waals surface area contributed by atoms with Crippen molar-refractivity contribution < 1.29 is 23.5 Å². The Balaban J connectivity index is 1.37. The predicted molar refractivity (Wildman–Crippen MR) is 133 cm³/mol. The summed E-state index contributed by atoms with van der Waals surface area (Å²) < 4.78 is 24.6. The van der Waals surface area contributed by atoms with Crippen molar-refractivity contribution in [3.05, 3.63) is 75.1 Å². The van der Waals surface area contributed by atoms with Crippen molar-refractivity contribution in [3.8, 4) is 5.75 Å². The number of nitrogen functional groups attached to an aromatic ring is 1. The Kier molecular flexibility index (Phi) is 8.19. The lowest BCUT2D eigenvalue weighted by Gasteiger charge is -2.26. The first-order valence-corrected chi connectivity index (χ1v) is 11.8. The van der Waals surface area contributed by atoms with Crippen molar-refractivity contribution >= 4 is 46.5 Å². The molecule has 2 amide bonds. The molecule has 36 heavy (non-hydrogen) atoms. The Morgan fingerprint density at radius 3 is 2.56 bits per heavy atom. The molecule has 4 rings (SSSR count). The number of nitrogens with zero attached hydrogens (tertiary/aromatic N) is 3. The summed E-state index contributed by atoms with van der Waals surface area (Å²) in [5.41, 5.74) is 7.17. The van der Waals surface area contributed by atoms with Crippen molar-refractivity contribution in [2.45, 2.75) is 6.42 Å². The molecular weight excluding hydrogens is 512 g/mol. The minimum atomic E-state index is -0.585. The van der Waals surface area contributed by atoms with Crippen molar-refractivity contribution in [1.82, 2.24) is 15.1 Å². The first-order chi connectivity index (χ1) is 17.3. The minimum absolute atomic E-state index is 0.0195. The van der Waals surface area contributed by atoms with Crippen LogP contribution in [0.15, 0.2) is 42.5 Å². The third-order valence-corrected chi connectivity index (χ3v) is 6.22. The van der Waals surface area contributed by atoms with E-state index in [0.717, 1.165) is 0 Å². The van der Waals surface area contributed by atoms with Crippen LogP contribution in [0.2, 0.25) is 10.0 Å². The highest BCUT2D eigenvalue weighted by atomic mass is 35.5. The van der Waals surface area contributed by atoms with Gasteiger partial charge in [0.1, 0.15) is 5.82 Å². The molecule has 0 spiro atoms. The van der Waals surface area contributed by atoms with Gasteiger partial charge in [-0.2, -0.15) is 0 Å². The number of carbonyl (C=O) groups is 2. The van der Waals surface area contributed by atoms with Gasteiger partial charge in [-0.1, -0.05) is 23.2 Å². The number of amides is 2. The Morgan fingerprint density at radius 2 is 1.83 bits per heavy atom. The third kappa shape index (κ3) is 6.01. The monoisotopic (exact) mass is 533 g/mol. The van der Waals surface area contributed by atoms with Crippen LogP contribution in [0.3, 0.4) is 0 Å². The lowest BCUT2D eigenvalue weighted by molar-refractivity contribution is 0.0303. The summed E-state index contributed by atoms with van der Waals surface area (Å²) in [6, 6.07) is 10.5. The Hall–Kier alpha value is -3.47. The maximum Gasteiger partial charge on any atom is 0.276 e. The number of benzene rings is 2. The van der Waals surface area contributed by atoms with E-state index in [1.165, 1.54) is 18.2 Å². The van der Waals surface area contributed by atoms with E-state index in [0.29, 0.717) is 48.1 Å². The molecule has 2 heterocycles. The van der Waals surface area contributed by atoms with E-state index < -0.39 is 11.7 Å². The SMILES string of the molecule is Nc1nnc(C(=O)Nc2ccc(C(=O)N3CCOCC3)cc2)cc1OCCc1c(Cl)ccc(F)c1Cl. The number of nitrogens with one attached hydrogen (secondary N) is 1. The number of aromatic nitrogens is 2. The number of morpholine rings is 1. The zero-order chi connectivity index (χ0) is 25.7. The fourth-order valence-electron chi connectivity index (χ4n) is 3.51. The molecule has 12 heteroatoms. The fraction of sp³-hybridized carbons (Fsp3) is 0.250. The van der Waals surface area contributed by atoms with E-state index in [4.69, 9.17) is 38.4 Å². The molecule has 1 aliphatic rings. The highest BCUT2D eigenvalue weighted by Crippen LogP contribution is 2.28. The zero-order valence-corrected chi connectivity index (χ0v) is 20.5. The molecule has 3 N–H and O–H groups in total. The number of hydrogen-bond acceptors (Lipinski definition) is 7. The Bertz CT molecular complexity index is 1270. The normalized spacial score (nSPS) is 13.4. The average Bonchev–Trinajstić information content (AvgIpc) is 2.90. The van der Waals surface area contributed by atoms with E-state index in [-0.39, 0.29) is 41.2 Å². The maximum absolute atomic E-state index is 13.7. The smallest absolute Gasteiger partial charge is 0.276 e. The molecule has 1 saturated heterocycles. The van der Waals surface area contributed by atoms with Crippen molar-refractivity contribution in [1.29, 1.82) is 0 Å². The summed E-state index contributed by atoms with van der Waals surface area (Å²) in [6.07, 6.45) is 0.203. The summed E-state index contributed by atoms with van der Waals surface area (Å²) in [5, 5.41) is 10.5. The van der Waals surface area contributed by atoms with Crippen LogP contribution in [0.5, 0.6) is 5.75 Å². The molecule has 9 nitrogen and oxygen atoms in total. The molecule has 3 aromatic rings. The quantitative estimate of drug-likeness (QED) is 0.442. The van der Waals surface area contributed by atoms with E-state index in [2.05, 4.69) is 15.5 Å². The highest BCUT2D eigenvalue weighted by molar-refractivity contribution is 6.36. The third-order valence-electron chi connectivity index (χ3n) is 5.45. The second-order valence-corrected chi connectivity index (χ2v) is 8.62. The van der Waals surface area contributed by atoms with Crippen molar-refractivity contribution in [2.24, 2.45) is 0 Å². The molecule has 0 bridgehead atoms. The van der Waals surface area contributed by atoms with Gasteiger partial charge in [0.15, 0.2) is 17.3 Å². The van der Waals surface area contributed by atoms with Gasteiger partial charge < -0.3 is 25.4 Å². The predicted octanol–water partition coefficient (Wildman–Crippen LogP) is 3.85. The molecule has 1 fully saturated rings. The number of rotatable bonds is 7. The summed E-state index contributed by atoms with van der Waals surface area (Å²) in [6.45, 7) is 2.17. The topological polar surface area (TPSA) is 120 Å². The van der Waals surface area contributed by atoms with Crippen LogP contribution < -0.4 is 15.8 Å². The minimum Gasteiger partial charge on any atom is -0.489 e. The lowest BCUT2D eigenvalue weighted by atomic mass is 10.1. The van der Waals surface area contributed by atoms with Gasteiger partial charge in [0, 0.05) is 41.9 Å². The van der Waals surface area contributed by atoms with Crippen LogP contribution in [0.1, 0.15) is 26.4 Å². The van der Waals surface area contributed by atoms with Gasteiger partial charge in [-0.3, -0.25) is 9.59 Å². The molecule has 1 aromatic heterocycles. The van der Waals surface area contributed by atoms with Crippen LogP contribution in [-0.4, -0.2) is 59.8 Å². The van der Waals surface area contributed by atoms with Gasteiger partial charge in [0.2, 0.25) is 0 Å². The standard InChI is InChI=1S/C24H22Cl2FN5O4/c25-17-5-6-18(27)21(26)16(17)7-10-36-20-13-19(30-31-22(20)28)23(33)29-15-3-1-14(2-4-15)24(34)32-8-11-35-12-9-32/h1-6,13H,7-12H2,(H2,28,31)(H,29,33). The largest absolute Gasteiger partial charge is 0.489 e. The highest BCUT2D eigenvalue weighted by Gasteiger charge is 2.19. The van der Waals surface area contributed by atoms with Crippen LogP contribution >= 0.6 is 23.2 Å². The van der Waals surface area contributed by atoms with E-state index in [9.17, 15) is 14.0 Å². The summed E-state index contributed by atoms with van der Waals surface area (Å²) in [4.78, 5) is 27.0. The molecule has 0 atom stereocenters. The van der Waals surface area contributed by atoms with Gasteiger partial charge in [0.05, 0.1) is 24.8 Å². The Morgan fingerprint density at radius 1 is 1.11 bits per heavy atom. The second-order valence-electron chi connectivity index (χ2n) is 7.84. The fourth-order valence-corrected chi connectivity index (χ4v) is 4.07. The molecule has 0 radical (unpaired) electrons. The van der Waals surface area contributed by atoms with E-state index in [1.54, 1.807) is 29.2 Å². The van der Waals surface area contributed by atoms with Gasteiger partial charge in [-0.25, -0.2) is 4.39 Å². The lowest BCUT2D eigenvalue weighted by Crippen LogP contribution is -2.40. The van der Waals surface area contributed by atoms with Gasteiger partial charge in [-0.05, 0) is 42.0 Å². The molecular formula is C24H22Cl2FN5O4. The molecule has 0 unspecified atom stereocenters. The van der Waals surface area contributed by atoms with Gasteiger partial charge in [0.25, 0.3) is 11.8 Å².